The fourth-order valence-corrected chi connectivity index (χ4v) is 6.46. The zero-order valence-corrected chi connectivity index (χ0v) is 19.9. The van der Waals surface area contributed by atoms with Gasteiger partial charge in [0, 0.05) is 28.9 Å². The van der Waals surface area contributed by atoms with Gasteiger partial charge in [-0.1, -0.05) is 29.6 Å². The van der Waals surface area contributed by atoms with Crippen molar-refractivity contribution in [2.75, 3.05) is 24.8 Å². The number of halogens is 4. The molecule has 0 bridgehead atoms. The van der Waals surface area contributed by atoms with Gasteiger partial charge in [-0.2, -0.15) is 0 Å². The number of carbonyl (C=O) groups is 1. The van der Waals surface area contributed by atoms with Gasteiger partial charge in [-0.05, 0) is 59.1 Å². The summed E-state index contributed by atoms with van der Waals surface area (Å²) in [5.74, 6) is -1.81. The van der Waals surface area contributed by atoms with E-state index in [2.05, 4.69) is 15.9 Å². The fraction of sp³-hybridized carbons (Fsp3) is 0.450. The molecule has 0 aliphatic carbocycles. The van der Waals surface area contributed by atoms with E-state index in [4.69, 9.17) is 23.2 Å². The molecule has 2 aliphatic rings. The standard InChI is InChI=1S/C20H21BrCl2FN3O2S/c21-17-7-6-16(30-17)18-13(11-24)19(20(28)29)27(25-8-2-1-3-9-25)26(18)15-5-4-12(22)10-14(15)23/h4-7,10,13,18-19H,1-3,8-9,11H2,(H,28,29). The first kappa shape index (κ1) is 22.3. The molecule has 0 saturated carbocycles. The van der Waals surface area contributed by atoms with E-state index in [1.54, 1.807) is 23.3 Å². The van der Waals surface area contributed by atoms with E-state index in [1.165, 1.54) is 11.3 Å². The summed E-state index contributed by atoms with van der Waals surface area (Å²) < 4.78 is 15.4. The number of hydrogen-bond donors (Lipinski definition) is 1. The number of carboxylic acids is 1. The molecule has 162 valence electrons. The van der Waals surface area contributed by atoms with Crippen LogP contribution in [0.25, 0.3) is 0 Å². The van der Waals surface area contributed by atoms with Crippen LogP contribution >= 0.6 is 50.5 Å². The lowest BCUT2D eigenvalue weighted by Crippen LogP contribution is -2.57. The summed E-state index contributed by atoms with van der Waals surface area (Å²) in [5.41, 5.74) is 0.614. The smallest absolute Gasteiger partial charge is 0.324 e. The molecular weight excluding hydrogens is 516 g/mol. The fourth-order valence-electron chi connectivity index (χ4n) is 4.38. The molecule has 3 atom stereocenters. The van der Waals surface area contributed by atoms with Gasteiger partial charge < -0.3 is 5.11 Å². The lowest BCUT2D eigenvalue weighted by atomic mass is 9.94. The van der Waals surface area contributed by atoms with E-state index in [9.17, 15) is 14.3 Å². The van der Waals surface area contributed by atoms with Crippen LogP contribution in [-0.2, 0) is 4.79 Å². The van der Waals surface area contributed by atoms with E-state index in [-0.39, 0.29) is 0 Å². The van der Waals surface area contributed by atoms with Crippen LogP contribution in [0.15, 0.2) is 34.1 Å². The summed E-state index contributed by atoms with van der Waals surface area (Å²) in [6.07, 6.45) is 3.01. The molecule has 0 amide bonds. The Morgan fingerprint density at radius 3 is 2.50 bits per heavy atom. The van der Waals surface area contributed by atoms with Crippen molar-refractivity contribution in [3.8, 4) is 0 Å². The van der Waals surface area contributed by atoms with E-state index >= 15 is 0 Å². The highest BCUT2D eigenvalue weighted by Gasteiger charge is 2.55. The maximum atomic E-state index is 14.4. The summed E-state index contributed by atoms with van der Waals surface area (Å²) in [6, 6.07) is 7.40. The predicted molar refractivity (Wildman–Crippen MR) is 122 cm³/mol. The number of aliphatic carboxylic acids is 1. The van der Waals surface area contributed by atoms with Gasteiger partial charge in [0.15, 0.2) is 6.04 Å². The van der Waals surface area contributed by atoms with E-state index in [0.29, 0.717) is 28.8 Å². The summed E-state index contributed by atoms with van der Waals surface area (Å²) in [6.45, 7) is 0.667. The Hall–Kier alpha value is -0.900. The minimum atomic E-state index is -1.04. The largest absolute Gasteiger partial charge is 0.480 e. The van der Waals surface area contributed by atoms with Gasteiger partial charge >= 0.3 is 5.97 Å². The first-order valence-corrected chi connectivity index (χ1v) is 12.1. The van der Waals surface area contributed by atoms with Crippen LogP contribution in [0.3, 0.4) is 0 Å². The third kappa shape index (κ3) is 4.10. The summed E-state index contributed by atoms with van der Waals surface area (Å²) >= 11 is 17.6. The molecule has 2 fully saturated rings. The minimum Gasteiger partial charge on any atom is -0.480 e. The van der Waals surface area contributed by atoms with Gasteiger partial charge in [0.05, 0.1) is 27.2 Å². The molecule has 3 heterocycles. The van der Waals surface area contributed by atoms with Crippen LogP contribution < -0.4 is 5.01 Å². The molecule has 0 spiro atoms. The molecule has 1 N–H and O–H groups in total. The van der Waals surface area contributed by atoms with Crippen molar-refractivity contribution in [3.63, 3.8) is 0 Å². The van der Waals surface area contributed by atoms with E-state index < -0.39 is 30.6 Å². The molecule has 1 aromatic carbocycles. The minimum absolute atomic E-state index is 0.397. The average Bonchev–Trinajstić information content (AvgIpc) is 3.29. The molecule has 2 aromatic rings. The van der Waals surface area contributed by atoms with Gasteiger partial charge in [0.1, 0.15) is 0 Å². The van der Waals surface area contributed by atoms with Crippen molar-refractivity contribution in [3.05, 3.63) is 49.0 Å². The zero-order valence-electron chi connectivity index (χ0n) is 16.0. The number of carboxylic acid groups (broad SMARTS) is 1. The highest BCUT2D eigenvalue weighted by Crippen LogP contribution is 2.49. The van der Waals surface area contributed by atoms with Gasteiger partial charge in [-0.15, -0.1) is 16.5 Å². The molecule has 2 saturated heterocycles. The Balaban J connectivity index is 1.90. The second-order valence-electron chi connectivity index (χ2n) is 7.46. The van der Waals surface area contributed by atoms with Gasteiger partial charge in [0.2, 0.25) is 0 Å². The van der Waals surface area contributed by atoms with Gasteiger partial charge in [-0.3, -0.25) is 14.2 Å². The first-order valence-electron chi connectivity index (χ1n) is 9.74. The third-order valence-corrected chi connectivity index (χ3v) is 7.87. The number of benzene rings is 1. The van der Waals surface area contributed by atoms with E-state index in [0.717, 1.165) is 27.9 Å². The number of piperidine rings is 1. The van der Waals surface area contributed by atoms with Crippen molar-refractivity contribution in [2.45, 2.75) is 31.3 Å². The number of nitrogens with zero attached hydrogens (tertiary/aromatic N) is 3. The molecule has 4 rings (SSSR count). The van der Waals surface area contributed by atoms with Crippen LogP contribution in [0.1, 0.15) is 30.2 Å². The topological polar surface area (TPSA) is 47.0 Å². The molecule has 2 aliphatic heterocycles. The maximum Gasteiger partial charge on any atom is 0.324 e. The number of alkyl halides is 1. The molecule has 10 heteroatoms. The van der Waals surface area contributed by atoms with Crippen LogP contribution in [0.5, 0.6) is 0 Å². The van der Waals surface area contributed by atoms with Crippen LogP contribution in [0.4, 0.5) is 10.1 Å². The Morgan fingerprint density at radius 2 is 1.93 bits per heavy atom. The SMILES string of the molecule is O=C(O)C1C(CF)C(c2ccc(Br)s2)N(c2ccc(Cl)cc2Cl)N1N1CCCCC1. The maximum absolute atomic E-state index is 14.4. The summed E-state index contributed by atoms with van der Waals surface area (Å²) in [7, 11) is 0. The van der Waals surface area contributed by atoms with Crippen molar-refractivity contribution >= 4 is 62.1 Å². The number of anilines is 1. The van der Waals surface area contributed by atoms with E-state index in [1.807, 2.05) is 22.2 Å². The Morgan fingerprint density at radius 1 is 1.20 bits per heavy atom. The average molecular weight is 537 g/mol. The van der Waals surface area contributed by atoms with Crippen molar-refractivity contribution in [1.82, 2.24) is 10.1 Å². The number of hydrazine groups is 2. The van der Waals surface area contributed by atoms with Crippen molar-refractivity contribution in [2.24, 2.45) is 5.92 Å². The second kappa shape index (κ2) is 9.30. The van der Waals surface area contributed by atoms with Crippen LogP contribution in [0.2, 0.25) is 10.0 Å². The Labute approximate surface area is 197 Å². The molecule has 1 aromatic heterocycles. The first-order chi connectivity index (χ1) is 14.4. The Kier molecular flexibility index (Phi) is 6.91. The quantitative estimate of drug-likeness (QED) is 0.505. The third-order valence-electron chi connectivity index (χ3n) is 5.64. The predicted octanol–water partition coefficient (Wildman–Crippen LogP) is 6.04. The second-order valence-corrected chi connectivity index (χ2v) is 10.8. The van der Waals surface area contributed by atoms with Crippen molar-refractivity contribution < 1.29 is 14.3 Å². The lowest BCUT2D eigenvalue weighted by Gasteiger charge is -2.43. The lowest BCUT2D eigenvalue weighted by molar-refractivity contribution is -0.154. The molecule has 3 unspecified atom stereocenters. The highest BCUT2D eigenvalue weighted by molar-refractivity contribution is 9.11. The normalized spacial score (nSPS) is 25.7. The van der Waals surface area contributed by atoms with Crippen LogP contribution in [0, 0.1) is 5.92 Å². The number of rotatable bonds is 5. The van der Waals surface area contributed by atoms with Crippen LogP contribution in [-0.4, -0.2) is 47.0 Å². The number of hydrogen-bond acceptors (Lipinski definition) is 5. The van der Waals surface area contributed by atoms with Gasteiger partial charge in [-0.25, -0.2) is 5.01 Å². The summed E-state index contributed by atoms with van der Waals surface area (Å²) in [4.78, 5) is 13.3. The monoisotopic (exact) mass is 535 g/mol. The molecule has 0 radical (unpaired) electrons. The summed E-state index contributed by atoms with van der Waals surface area (Å²) in [5, 5.41) is 16.7. The molecule has 5 nitrogen and oxygen atoms in total. The molecule has 30 heavy (non-hydrogen) atoms. The van der Waals surface area contributed by atoms with Crippen molar-refractivity contribution in [1.29, 1.82) is 0 Å². The Bertz CT molecular complexity index is 927. The molecular formula is C20H21BrCl2FN3O2S. The zero-order chi connectivity index (χ0) is 21.4. The van der Waals surface area contributed by atoms with Gasteiger partial charge in [0.25, 0.3) is 0 Å². The number of thiophene rings is 1. The highest BCUT2D eigenvalue weighted by atomic mass is 79.9.